The highest BCUT2D eigenvalue weighted by Gasteiger charge is 2.20. The lowest BCUT2D eigenvalue weighted by Crippen LogP contribution is -2.19. The Labute approximate surface area is 130 Å². The number of nitriles is 1. The van der Waals surface area contributed by atoms with E-state index in [0.29, 0.717) is 16.3 Å². The van der Waals surface area contributed by atoms with Crippen molar-refractivity contribution in [3.05, 3.63) is 63.6 Å². The molecule has 100 valence electrons. The van der Waals surface area contributed by atoms with Crippen LogP contribution in [0.25, 0.3) is 0 Å². The SMILES string of the molecule is N#CC(C(=O)Nc1ccc(Br)c(Cl)c1)c1ccccc1. The van der Waals surface area contributed by atoms with Crippen LogP contribution in [0.15, 0.2) is 53.0 Å². The van der Waals surface area contributed by atoms with Crippen LogP contribution in [0.5, 0.6) is 0 Å². The molecule has 0 saturated heterocycles. The molecular formula is C15H10BrClN2O. The third-order valence-corrected chi connectivity index (χ3v) is 3.94. The third kappa shape index (κ3) is 3.38. The van der Waals surface area contributed by atoms with Crippen molar-refractivity contribution in [3.8, 4) is 6.07 Å². The molecule has 1 N–H and O–H groups in total. The monoisotopic (exact) mass is 348 g/mol. The van der Waals surface area contributed by atoms with Crippen LogP contribution in [0.4, 0.5) is 5.69 Å². The maximum atomic E-state index is 12.2. The molecule has 0 radical (unpaired) electrons. The first kappa shape index (κ1) is 14.6. The molecule has 0 spiro atoms. The Balaban J connectivity index is 2.18. The van der Waals surface area contributed by atoms with E-state index in [0.717, 1.165) is 4.47 Å². The van der Waals surface area contributed by atoms with Crippen LogP contribution in [0.3, 0.4) is 0 Å². The van der Waals surface area contributed by atoms with Crippen molar-refractivity contribution in [1.29, 1.82) is 5.26 Å². The fourth-order valence-electron chi connectivity index (χ4n) is 1.72. The maximum absolute atomic E-state index is 12.2. The zero-order valence-electron chi connectivity index (χ0n) is 10.3. The molecule has 0 heterocycles. The number of carbonyl (C=O) groups is 1. The lowest BCUT2D eigenvalue weighted by Gasteiger charge is -2.11. The number of nitrogens with zero attached hydrogens (tertiary/aromatic N) is 1. The fraction of sp³-hybridized carbons (Fsp3) is 0.0667. The lowest BCUT2D eigenvalue weighted by atomic mass is 10.00. The molecule has 2 aromatic rings. The second-order valence-electron chi connectivity index (χ2n) is 4.09. The molecule has 0 aliphatic rings. The van der Waals surface area contributed by atoms with Crippen molar-refractivity contribution in [2.24, 2.45) is 0 Å². The Morgan fingerprint density at radius 3 is 2.55 bits per heavy atom. The predicted molar refractivity (Wildman–Crippen MR) is 82.6 cm³/mol. The Hall–Kier alpha value is -1.83. The van der Waals surface area contributed by atoms with Crippen molar-refractivity contribution in [3.63, 3.8) is 0 Å². The number of anilines is 1. The summed E-state index contributed by atoms with van der Waals surface area (Å²) in [5.74, 6) is -1.23. The van der Waals surface area contributed by atoms with Crippen LogP contribution in [-0.4, -0.2) is 5.91 Å². The van der Waals surface area contributed by atoms with E-state index < -0.39 is 5.92 Å². The van der Waals surface area contributed by atoms with Gasteiger partial charge in [-0.15, -0.1) is 0 Å². The van der Waals surface area contributed by atoms with E-state index in [1.54, 1.807) is 42.5 Å². The third-order valence-electron chi connectivity index (χ3n) is 2.71. The summed E-state index contributed by atoms with van der Waals surface area (Å²) < 4.78 is 0.747. The van der Waals surface area contributed by atoms with Gasteiger partial charge in [0, 0.05) is 10.2 Å². The number of benzene rings is 2. The van der Waals surface area contributed by atoms with E-state index in [-0.39, 0.29) is 5.91 Å². The molecule has 3 nitrogen and oxygen atoms in total. The van der Waals surface area contributed by atoms with Crippen LogP contribution in [0, 0.1) is 11.3 Å². The predicted octanol–water partition coefficient (Wildman–Crippen LogP) is 4.35. The molecule has 0 fully saturated rings. The summed E-state index contributed by atoms with van der Waals surface area (Å²) in [5, 5.41) is 12.4. The van der Waals surface area contributed by atoms with Crippen molar-refractivity contribution in [2.75, 3.05) is 5.32 Å². The van der Waals surface area contributed by atoms with E-state index in [1.807, 2.05) is 12.1 Å². The highest BCUT2D eigenvalue weighted by Crippen LogP contribution is 2.26. The molecule has 1 atom stereocenters. The van der Waals surface area contributed by atoms with Gasteiger partial charge in [0.15, 0.2) is 5.92 Å². The summed E-state index contributed by atoms with van der Waals surface area (Å²) >= 11 is 9.24. The number of nitrogens with one attached hydrogen (secondary N) is 1. The first-order valence-corrected chi connectivity index (χ1v) is 6.99. The number of halogens is 2. The van der Waals surface area contributed by atoms with Crippen LogP contribution >= 0.6 is 27.5 Å². The maximum Gasteiger partial charge on any atom is 0.246 e. The van der Waals surface area contributed by atoms with Gasteiger partial charge >= 0.3 is 0 Å². The second-order valence-corrected chi connectivity index (χ2v) is 5.35. The minimum Gasteiger partial charge on any atom is -0.325 e. The van der Waals surface area contributed by atoms with Crippen molar-refractivity contribution in [2.45, 2.75) is 5.92 Å². The molecule has 0 aliphatic carbocycles. The topological polar surface area (TPSA) is 52.9 Å². The molecule has 2 aromatic carbocycles. The largest absolute Gasteiger partial charge is 0.325 e. The van der Waals surface area contributed by atoms with Crippen molar-refractivity contribution in [1.82, 2.24) is 0 Å². The van der Waals surface area contributed by atoms with Gasteiger partial charge in [0.2, 0.25) is 5.91 Å². The highest BCUT2D eigenvalue weighted by molar-refractivity contribution is 9.10. The van der Waals surface area contributed by atoms with Crippen molar-refractivity contribution >= 4 is 39.1 Å². The molecule has 1 amide bonds. The van der Waals surface area contributed by atoms with E-state index in [2.05, 4.69) is 21.2 Å². The van der Waals surface area contributed by atoms with Gasteiger partial charge in [-0.2, -0.15) is 5.26 Å². The van der Waals surface area contributed by atoms with Gasteiger partial charge in [0.1, 0.15) is 0 Å². The van der Waals surface area contributed by atoms with Crippen LogP contribution in [0.2, 0.25) is 5.02 Å². The Morgan fingerprint density at radius 2 is 1.95 bits per heavy atom. The number of amides is 1. The molecule has 0 aliphatic heterocycles. The normalized spacial score (nSPS) is 11.4. The summed E-state index contributed by atoms with van der Waals surface area (Å²) in [6.45, 7) is 0. The average molecular weight is 350 g/mol. The van der Waals surface area contributed by atoms with Gasteiger partial charge in [-0.1, -0.05) is 41.9 Å². The summed E-state index contributed by atoms with van der Waals surface area (Å²) in [7, 11) is 0. The summed E-state index contributed by atoms with van der Waals surface area (Å²) in [5.41, 5.74) is 1.22. The van der Waals surface area contributed by atoms with Gasteiger partial charge in [0.25, 0.3) is 0 Å². The number of carbonyl (C=O) groups excluding carboxylic acids is 1. The minimum absolute atomic E-state index is 0.378. The second kappa shape index (κ2) is 6.56. The smallest absolute Gasteiger partial charge is 0.246 e. The minimum atomic E-state index is -0.848. The number of hydrogen-bond acceptors (Lipinski definition) is 2. The van der Waals surface area contributed by atoms with Crippen molar-refractivity contribution < 1.29 is 4.79 Å². The first-order chi connectivity index (χ1) is 9.61. The fourth-order valence-corrected chi connectivity index (χ4v) is 2.15. The van der Waals surface area contributed by atoms with Crippen LogP contribution < -0.4 is 5.32 Å². The van der Waals surface area contributed by atoms with Gasteiger partial charge in [-0.3, -0.25) is 4.79 Å². The molecule has 0 saturated carbocycles. The Kier molecular flexibility index (Phi) is 4.78. The lowest BCUT2D eigenvalue weighted by molar-refractivity contribution is -0.116. The molecule has 1 unspecified atom stereocenters. The standard InChI is InChI=1S/C15H10BrClN2O/c16-13-7-6-11(8-14(13)17)19-15(20)12(9-18)10-4-2-1-3-5-10/h1-8,12H,(H,19,20). The van der Waals surface area contributed by atoms with Gasteiger partial charge < -0.3 is 5.32 Å². The average Bonchev–Trinajstić information content (AvgIpc) is 2.45. The zero-order chi connectivity index (χ0) is 14.5. The van der Waals surface area contributed by atoms with Gasteiger partial charge in [-0.05, 0) is 39.7 Å². The van der Waals surface area contributed by atoms with Crippen LogP contribution in [0.1, 0.15) is 11.5 Å². The summed E-state index contributed by atoms with van der Waals surface area (Å²) in [6, 6.07) is 16.0. The number of rotatable bonds is 3. The highest BCUT2D eigenvalue weighted by atomic mass is 79.9. The van der Waals surface area contributed by atoms with E-state index in [9.17, 15) is 10.1 Å². The molecule has 0 bridgehead atoms. The molecule has 0 aromatic heterocycles. The molecular weight excluding hydrogens is 340 g/mol. The summed E-state index contributed by atoms with van der Waals surface area (Å²) in [6.07, 6.45) is 0. The quantitative estimate of drug-likeness (QED) is 0.895. The van der Waals surface area contributed by atoms with Crippen LogP contribution in [-0.2, 0) is 4.79 Å². The zero-order valence-corrected chi connectivity index (χ0v) is 12.6. The summed E-state index contributed by atoms with van der Waals surface area (Å²) in [4.78, 5) is 12.2. The van der Waals surface area contributed by atoms with E-state index >= 15 is 0 Å². The molecule has 2 rings (SSSR count). The molecule has 5 heteroatoms. The molecule has 20 heavy (non-hydrogen) atoms. The van der Waals surface area contributed by atoms with E-state index in [4.69, 9.17) is 11.6 Å². The Bertz CT molecular complexity index is 667. The first-order valence-electron chi connectivity index (χ1n) is 5.82. The number of hydrogen-bond donors (Lipinski definition) is 1. The Morgan fingerprint density at radius 1 is 1.25 bits per heavy atom. The van der Waals surface area contributed by atoms with Gasteiger partial charge in [0.05, 0.1) is 11.1 Å². The van der Waals surface area contributed by atoms with Gasteiger partial charge in [-0.25, -0.2) is 0 Å². The van der Waals surface area contributed by atoms with E-state index in [1.165, 1.54) is 0 Å².